The average Bonchev–Trinajstić information content (AvgIpc) is 2.82. The summed E-state index contributed by atoms with van der Waals surface area (Å²) in [6, 6.07) is 6.74. The Kier molecular flexibility index (Phi) is 5.21. The van der Waals surface area contributed by atoms with Crippen molar-refractivity contribution in [1.29, 1.82) is 0 Å². The molecule has 0 radical (unpaired) electrons. The van der Waals surface area contributed by atoms with E-state index in [-0.39, 0.29) is 24.5 Å². The number of piperidine rings is 3. The summed E-state index contributed by atoms with van der Waals surface area (Å²) in [5.74, 6) is 2.00. The highest BCUT2D eigenvalue weighted by atomic mass is 16.5. The summed E-state index contributed by atoms with van der Waals surface area (Å²) < 4.78 is 5.92. The van der Waals surface area contributed by atoms with Gasteiger partial charge in [-0.1, -0.05) is 24.1 Å². The molecule has 6 heteroatoms. The van der Waals surface area contributed by atoms with Crippen molar-refractivity contribution in [1.82, 2.24) is 9.80 Å². The first kappa shape index (κ1) is 20.3. The SMILES string of the molecule is O=C1CCc2ccc(OCC(=O)N3CCCC4=C[C@@H]5C[C@@H](CN6CCCC[C@H]56)[C@@H]43)cc2N1. The van der Waals surface area contributed by atoms with Crippen LogP contribution in [0.15, 0.2) is 29.8 Å². The molecule has 5 aliphatic rings. The van der Waals surface area contributed by atoms with Gasteiger partial charge in [-0.25, -0.2) is 0 Å². The summed E-state index contributed by atoms with van der Waals surface area (Å²) in [4.78, 5) is 29.8. The predicted molar refractivity (Wildman–Crippen MR) is 123 cm³/mol. The fourth-order valence-electron chi connectivity index (χ4n) is 6.92. The highest BCUT2D eigenvalue weighted by molar-refractivity contribution is 5.94. The molecule has 0 aromatic heterocycles. The summed E-state index contributed by atoms with van der Waals surface area (Å²) in [7, 11) is 0. The maximum atomic E-state index is 13.3. The van der Waals surface area contributed by atoms with Gasteiger partial charge in [-0.05, 0) is 68.5 Å². The molecule has 4 atom stereocenters. The van der Waals surface area contributed by atoms with E-state index in [9.17, 15) is 9.59 Å². The minimum atomic E-state index is 0.0392. The minimum absolute atomic E-state index is 0.0392. The van der Waals surface area contributed by atoms with Crippen molar-refractivity contribution in [3.05, 3.63) is 35.4 Å². The molecule has 4 aliphatic heterocycles. The van der Waals surface area contributed by atoms with E-state index in [1.165, 1.54) is 37.8 Å². The van der Waals surface area contributed by atoms with Crippen LogP contribution in [0.2, 0.25) is 0 Å². The zero-order chi connectivity index (χ0) is 21.7. The lowest BCUT2D eigenvalue weighted by atomic mass is 9.68. The number of nitrogens with zero attached hydrogens (tertiary/aromatic N) is 2. The van der Waals surface area contributed by atoms with Crippen LogP contribution in [-0.2, 0) is 16.0 Å². The zero-order valence-electron chi connectivity index (χ0n) is 18.7. The number of aryl methyl sites for hydroxylation is 1. The standard InChI is InChI=1S/C26H33N3O3/c30-24-9-7-17-6-8-21(14-22(17)27-24)32-16-25(31)29-11-3-4-18-12-19-13-20(26(18)29)15-28-10-2-1-5-23(19)28/h6,8,12,14,19-20,23,26H,1-5,7,9-11,13,15-16H2,(H,27,30)/t19-,20+,23-,26-/m1/s1. The summed E-state index contributed by atoms with van der Waals surface area (Å²) in [5, 5.41) is 2.91. The normalized spacial score (nSPS) is 31.6. The molecular weight excluding hydrogens is 402 g/mol. The molecule has 3 saturated heterocycles. The monoisotopic (exact) mass is 435 g/mol. The third kappa shape index (κ3) is 3.62. The van der Waals surface area contributed by atoms with Crippen LogP contribution in [-0.4, -0.2) is 59.9 Å². The number of carbonyl (C=O) groups is 2. The van der Waals surface area contributed by atoms with Crippen LogP contribution in [0, 0.1) is 11.8 Å². The van der Waals surface area contributed by atoms with E-state index in [0.29, 0.717) is 24.0 Å². The molecule has 3 fully saturated rings. The van der Waals surface area contributed by atoms with Gasteiger partial charge in [0, 0.05) is 37.3 Å². The molecule has 0 spiro atoms. The van der Waals surface area contributed by atoms with E-state index in [0.717, 1.165) is 49.6 Å². The third-order valence-corrected chi connectivity index (χ3v) is 8.32. The summed E-state index contributed by atoms with van der Waals surface area (Å²) in [6.07, 6.45) is 11.3. The molecular formula is C26H33N3O3. The van der Waals surface area contributed by atoms with E-state index in [2.05, 4.69) is 21.2 Å². The Hall–Kier alpha value is -2.34. The molecule has 32 heavy (non-hydrogen) atoms. The van der Waals surface area contributed by atoms with Gasteiger partial charge in [0.15, 0.2) is 6.61 Å². The fourth-order valence-corrected chi connectivity index (χ4v) is 6.92. The topological polar surface area (TPSA) is 61.9 Å². The molecule has 0 saturated carbocycles. The molecule has 2 amide bonds. The Labute approximate surface area is 190 Å². The number of likely N-dealkylation sites (tertiary alicyclic amines) is 1. The molecule has 1 aromatic rings. The number of hydrogen-bond acceptors (Lipinski definition) is 4. The lowest BCUT2D eigenvalue weighted by Gasteiger charge is -2.54. The first-order valence-corrected chi connectivity index (χ1v) is 12.5. The van der Waals surface area contributed by atoms with Crippen molar-refractivity contribution in [3.63, 3.8) is 0 Å². The first-order chi connectivity index (χ1) is 15.7. The Balaban J connectivity index is 1.16. The number of rotatable bonds is 3. The highest BCUT2D eigenvalue weighted by Gasteiger charge is 2.46. The Bertz CT molecular complexity index is 958. The third-order valence-electron chi connectivity index (χ3n) is 8.32. The number of fused-ring (bicyclic) bond motifs is 7. The summed E-state index contributed by atoms with van der Waals surface area (Å²) >= 11 is 0. The zero-order valence-corrected chi connectivity index (χ0v) is 18.7. The van der Waals surface area contributed by atoms with Gasteiger partial charge in [-0.3, -0.25) is 14.5 Å². The average molecular weight is 436 g/mol. The van der Waals surface area contributed by atoms with Crippen molar-refractivity contribution in [2.24, 2.45) is 11.8 Å². The van der Waals surface area contributed by atoms with Crippen LogP contribution in [0.1, 0.15) is 50.5 Å². The van der Waals surface area contributed by atoms with Gasteiger partial charge in [0.05, 0.1) is 6.04 Å². The molecule has 6 nitrogen and oxygen atoms in total. The molecule has 1 aromatic carbocycles. The van der Waals surface area contributed by atoms with Crippen molar-refractivity contribution in [3.8, 4) is 5.75 Å². The molecule has 6 rings (SSSR count). The Morgan fingerprint density at radius 1 is 1.12 bits per heavy atom. The van der Waals surface area contributed by atoms with Gasteiger partial charge >= 0.3 is 0 Å². The lowest BCUT2D eigenvalue weighted by Crippen LogP contribution is -2.60. The van der Waals surface area contributed by atoms with Crippen molar-refractivity contribution in [2.45, 2.75) is 63.5 Å². The molecule has 1 aliphatic carbocycles. The minimum Gasteiger partial charge on any atom is -0.484 e. The second-order valence-electron chi connectivity index (χ2n) is 10.3. The van der Waals surface area contributed by atoms with E-state index in [1.54, 1.807) is 0 Å². The van der Waals surface area contributed by atoms with Gasteiger partial charge in [0.2, 0.25) is 5.91 Å². The van der Waals surface area contributed by atoms with Crippen LogP contribution in [0.25, 0.3) is 0 Å². The molecule has 2 bridgehead atoms. The number of nitrogens with one attached hydrogen (secondary N) is 1. The van der Waals surface area contributed by atoms with Crippen molar-refractivity contribution < 1.29 is 14.3 Å². The maximum absolute atomic E-state index is 13.3. The molecule has 170 valence electrons. The molecule has 0 unspecified atom stereocenters. The van der Waals surface area contributed by atoms with E-state index >= 15 is 0 Å². The number of amides is 2. The van der Waals surface area contributed by atoms with Crippen LogP contribution in [0.3, 0.4) is 0 Å². The van der Waals surface area contributed by atoms with Gasteiger partial charge in [0.1, 0.15) is 5.75 Å². The van der Waals surface area contributed by atoms with Crippen LogP contribution in [0.5, 0.6) is 5.75 Å². The second kappa shape index (κ2) is 8.22. The fraction of sp³-hybridized carbons (Fsp3) is 0.615. The van der Waals surface area contributed by atoms with Crippen LogP contribution in [0.4, 0.5) is 5.69 Å². The van der Waals surface area contributed by atoms with Gasteiger partial charge in [0.25, 0.3) is 5.91 Å². The van der Waals surface area contributed by atoms with Gasteiger partial charge < -0.3 is 15.0 Å². The van der Waals surface area contributed by atoms with Gasteiger partial charge in [-0.2, -0.15) is 0 Å². The Morgan fingerprint density at radius 2 is 2.06 bits per heavy atom. The van der Waals surface area contributed by atoms with Crippen molar-refractivity contribution >= 4 is 17.5 Å². The summed E-state index contributed by atoms with van der Waals surface area (Å²) in [6.45, 7) is 3.24. The Morgan fingerprint density at radius 3 is 3.00 bits per heavy atom. The first-order valence-electron chi connectivity index (χ1n) is 12.5. The predicted octanol–water partition coefficient (Wildman–Crippen LogP) is 3.37. The summed E-state index contributed by atoms with van der Waals surface area (Å²) in [5.41, 5.74) is 3.44. The van der Waals surface area contributed by atoms with E-state index in [1.807, 2.05) is 18.2 Å². The highest BCUT2D eigenvalue weighted by Crippen LogP contribution is 2.45. The maximum Gasteiger partial charge on any atom is 0.261 e. The van der Waals surface area contributed by atoms with E-state index in [4.69, 9.17) is 4.74 Å². The number of hydrogen-bond donors (Lipinski definition) is 1. The number of anilines is 1. The van der Waals surface area contributed by atoms with Crippen LogP contribution >= 0.6 is 0 Å². The quantitative estimate of drug-likeness (QED) is 0.740. The van der Waals surface area contributed by atoms with Gasteiger partial charge in [-0.15, -0.1) is 0 Å². The number of benzene rings is 1. The smallest absolute Gasteiger partial charge is 0.261 e. The molecule has 1 N–H and O–H groups in total. The second-order valence-corrected chi connectivity index (χ2v) is 10.3. The lowest BCUT2D eigenvalue weighted by molar-refractivity contribution is -0.138. The van der Waals surface area contributed by atoms with Crippen molar-refractivity contribution in [2.75, 3.05) is 31.6 Å². The number of carbonyl (C=O) groups excluding carboxylic acids is 2. The molecule has 4 heterocycles. The van der Waals surface area contributed by atoms with Crippen LogP contribution < -0.4 is 10.1 Å². The van der Waals surface area contributed by atoms with E-state index < -0.39 is 0 Å². The number of ether oxygens (including phenoxy) is 1. The largest absolute Gasteiger partial charge is 0.484 e.